The molecule has 1 aromatic carbocycles. The summed E-state index contributed by atoms with van der Waals surface area (Å²) in [5.41, 5.74) is 7.44. The van der Waals surface area contributed by atoms with Gasteiger partial charge >= 0.3 is 5.63 Å². The maximum Gasteiger partial charge on any atom is 0.341 e. The van der Waals surface area contributed by atoms with Gasteiger partial charge in [-0.25, -0.2) is 4.79 Å². The first-order valence-corrected chi connectivity index (χ1v) is 5.54. The van der Waals surface area contributed by atoms with Crippen molar-refractivity contribution in [3.63, 3.8) is 0 Å². The third-order valence-electron chi connectivity index (χ3n) is 2.73. The van der Waals surface area contributed by atoms with Crippen LogP contribution in [0, 0.1) is 0 Å². The van der Waals surface area contributed by atoms with E-state index in [-0.39, 0.29) is 5.63 Å². The van der Waals surface area contributed by atoms with Crippen LogP contribution < -0.4 is 11.4 Å². The fourth-order valence-corrected chi connectivity index (χ4v) is 1.80. The Morgan fingerprint density at radius 2 is 2.06 bits per heavy atom. The second-order valence-corrected chi connectivity index (χ2v) is 3.88. The lowest BCUT2D eigenvalue weighted by molar-refractivity contribution is 0.548. The quantitative estimate of drug-likeness (QED) is 0.804. The average Bonchev–Trinajstić information content (AvgIpc) is 2.29. The molecule has 3 heteroatoms. The Balaban J connectivity index is 2.61. The Labute approximate surface area is 93.9 Å². The largest absolute Gasteiger partial charge is 0.422 e. The zero-order chi connectivity index (χ0) is 11.5. The van der Waals surface area contributed by atoms with Crippen molar-refractivity contribution in [2.75, 3.05) is 5.73 Å². The first-order chi connectivity index (χ1) is 7.74. The molecule has 0 spiro atoms. The summed E-state index contributed by atoms with van der Waals surface area (Å²) in [6, 6.07) is 7.36. The number of hydrogen-bond donors (Lipinski definition) is 1. The summed E-state index contributed by atoms with van der Waals surface area (Å²) >= 11 is 0. The minimum atomic E-state index is -0.301. The van der Waals surface area contributed by atoms with Gasteiger partial charge < -0.3 is 10.2 Å². The summed E-state index contributed by atoms with van der Waals surface area (Å²) in [6.45, 7) is 2.08. The number of hydrogen-bond acceptors (Lipinski definition) is 3. The molecule has 0 aliphatic rings. The van der Waals surface area contributed by atoms with Gasteiger partial charge in [-0.05, 0) is 25.0 Å². The lowest BCUT2D eigenvalue weighted by Crippen LogP contribution is -2.11. The van der Waals surface area contributed by atoms with E-state index in [0.717, 1.165) is 18.2 Å². The molecule has 16 heavy (non-hydrogen) atoms. The summed E-state index contributed by atoms with van der Waals surface area (Å²) in [4.78, 5) is 11.7. The summed E-state index contributed by atoms with van der Waals surface area (Å²) in [7, 11) is 0. The van der Waals surface area contributed by atoms with E-state index < -0.39 is 0 Å². The van der Waals surface area contributed by atoms with Gasteiger partial charge in [0.15, 0.2) is 0 Å². The van der Waals surface area contributed by atoms with Crippen LogP contribution in [-0.4, -0.2) is 0 Å². The fraction of sp³-hybridized carbons (Fsp3) is 0.308. The van der Waals surface area contributed by atoms with Crippen molar-refractivity contribution in [2.45, 2.75) is 26.2 Å². The Morgan fingerprint density at radius 3 is 2.81 bits per heavy atom. The number of para-hydroxylation sites is 1. The molecule has 0 unspecified atom stereocenters. The van der Waals surface area contributed by atoms with Crippen LogP contribution in [0.1, 0.15) is 25.3 Å². The van der Waals surface area contributed by atoms with Crippen molar-refractivity contribution < 1.29 is 4.42 Å². The molecule has 0 amide bonds. The predicted octanol–water partition coefficient (Wildman–Crippen LogP) is 2.72. The summed E-state index contributed by atoms with van der Waals surface area (Å²) in [5.74, 6) is 0. The van der Waals surface area contributed by atoms with Crippen LogP contribution in [0.2, 0.25) is 0 Å². The minimum absolute atomic E-state index is 0.301. The van der Waals surface area contributed by atoms with Crippen LogP contribution in [-0.2, 0) is 6.42 Å². The van der Waals surface area contributed by atoms with Crippen LogP contribution in [0.15, 0.2) is 33.5 Å². The first-order valence-electron chi connectivity index (χ1n) is 5.54. The highest BCUT2D eigenvalue weighted by Crippen LogP contribution is 2.22. The molecule has 84 valence electrons. The molecule has 0 atom stereocenters. The van der Waals surface area contributed by atoms with Crippen LogP contribution in [0.25, 0.3) is 11.0 Å². The second-order valence-electron chi connectivity index (χ2n) is 3.88. The van der Waals surface area contributed by atoms with Crippen LogP contribution in [0.5, 0.6) is 0 Å². The fourth-order valence-electron chi connectivity index (χ4n) is 1.80. The van der Waals surface area contributed by atoms with Gasteiger partial charge in [-0.3, -0.25) is 0 Å². The Kier molecular flexibility index (Phi) is 2.95. The Bertz CT molecular complexity index is 557. The molecule has 1 aromatic heterocycles. The lowest BCUT2D eigenvalue weighted by atomic mass is 10.1. The molecule has 0 aliphatic heterocycles. The number of fused-ring (bicyclic) bond motifs is 1. The molecular weight excluding hydrogens is 202 g/mol. The second kappa shape index (κ2) is 4.39. The lowest BCUT2D eigenvalue weighted by Gasteiger charge is -2.06. The van der Waals surface area contributed by atoms with Crippen molar-refractivity contribution in [3.8, 4) is 0 Å². The molecule has 0 radical (unpaired) electrons. The molecular formula is C13H15NO2. The molecule has 0 fully saturated rings. The molecule has 2 aromatic rings. The maximum atomic E-state index is 11.7. The number of anilines is 1. The normalized spacial score (nSPS) is 10.8. The van der Waals surface area contributed by atoms with E-state index >= 15 is 0 Å². The van der Waals surface area contributed by atoms with E-state index in [1.165, 1.54) is 0 Å². The van der Waals surface area contributed by atoms with Gasteiger partial charge in [0.05, 0.1) is 11.3 Å². The van der Waals surface area contributed by atoms with Gasteiger partial charge in [-0.1, -0.05) is 25.5 Å². The van der Waals surface area contributed by atoms with Gasteiger partial charge in [0.1, 0.15) is 5.58 Å². The van der Waals surface area contributed by atoms with Crippen molar-refractivity contribution >= 4 is 16.7 Å². The number of benzene rings is 1. The summed E-state index contributed by atoms with van der Waals surface area (Å²) in [6.07, 6.45) is 2.68. The molecule has 0 bridgehead atoms. The van der Waals surface area contributed by atoms with Crippen molar-refractivity contribution in [3.05, 3.63) is 40.2 Å². The highest BCUT2D eigenvalue weighted by molar-refractivity contribution is 5.89. The van der Waals surface area contributed by atoms with Gasteiger partial charge in [-0.15, -0.1) is 0 Å². The van der Waals surface area contributed by atoms with Gasteiger partial charge in [0.2, 0.25) is 0 Å². The van der Waals surface area contributed by atoms with Crippen molar-refractivity contribution in [2.24, 2.45) is 0 Å². The highest BCUT2D eigenvalue weighted by atomic mass is 16.4. The Morgan fingerprint density at radius 1 is 1.31 bits per heavy atom. The summed E-state index contributed by atoms with van der Waals surface area (Å²) in [5, 5.41) is 0.827. The van der Waals surface area contributed by atoms with E-state index in [4.69, 9.17) is 10.2 Å². The first kappa shape index (κ1) is 10.7. The molecule has 1 heterocycles. The average molecular weight is 217 g/mol. The number of nitrogens with two attached hydrogens (primary N) is 1. The Hall–Kier alpha value is -1.77. The zero-order valence-corrected chi connectivity index (χ0v) is 9.32. The third-order valence-corrected chi connectivity index (χ3v) is 2.73. The van der Waals surface area contributed by atoms with Gasteiger partial charge in [0, 0.05) is 5.39 Å². The van der Waals surface area contributed by atoms with E-state index in [2.05, 4.69) is 6.92 Å². The van der Waals surface area contributed by atoms with E-state index in [0.29, 0.717) is 23.3 Å². The van der Waals surface area contributed by atoms with Crippen molar-refractivity contribution in [1.82, 2.24) is 0 Å². The summed E-state index contributed by atoms with van der Waals surface area (Å²) < 4.78 is 5.24. The smallest absolute Gasteiger partial charge is 0.341 e. The highest BCUT2D eigenvalue weighted by Gasteiger charge is 2.10. The molecule has 2 rings (SSSR count). The number of unbranched alkanes of at least 4 members (excludes halogenated alkanes) is 1. The van der Waals surface area contributed by atoms with E-state index in [9.17, 15) is 4.79 Å². The van der Waals surface area contributed by atoms with E-state index in [1.807, 2.05) is 18.2 Å². The molecule has 3 nitrogen and oxygen atoms in total. The minimum Gasteiger partial charge on any atom is -0.422 e. The number of rotatable bonds is 3. The van der Waals surface area contributed by atoms with Gasteiger partial charge in [0.25, 0.3) is 0 Å². The van der Waals surface area contributed by atoms with E-state index in [1.54, 1.807) is 6.07 Å². The van der Waals surface area contributed by atoms with Crippen LogP contribution in [0.4, 0.5) is 5.69 Å². The van der Waals surface area contributed by atoms with Gasteiger partial charge in [-0.2, -0.15) is 0 Å². The molecule has 2 N–H and O–H groups in total. The third kappa shape index (κ3) is 1.81. The number of nitrogen functional groups attached to an aromatic ring is 1. The zero-order valence-electron chi connectivity index (χ0n) is 9.32. The SMILES string of the molecule is CCCCc1c(N)c2ccccc2oc1=O. The monoisotopic (exact) mass is 217 g/mol. The molecule has 0 saturated carbocycles. The van der Waals surface area contributed by atoms with Crippen molar-refractivity contribution in [1.29, 1.82) is 0 Å². The van der Waals surface area contributed by atoms with Crippen LogP contribution >= 0.6 is 0 Å². The van der Waals surface area contributed by atoms with Crippen LogP contribution in [0.3, 0.4) is 0 Å². The molecule has 0 saturated heterocycles. The standard InChI is InChI=1S/C13H15NO2/c1-2-3-6-10-12(14)9-7-4-5-8-11(9)16-13(10)15/h4-5,7-8H,2-3,6,14H2,1H3. The maximum absolute atomic E-state index is 11.7. The topological polar surface area (TPSA) is 56.2 Å². The predicted molar refractivity (Wildman–Crippen MR) is 65.5 cm³/mol. The molecule has 0 aliphatic carbocycles.